The minimum Gasteiger partial charge on any atom is -0.466 e. The van der Waals surface area contributed by atoms with Crippen LogP contribution in [0.4, 0.5) is 0 Å². The lowest BCUT2D eigenvalue weighted by Gasteiger charge is -2.19. The molecular weight excluding hydrogens is 268 g/mol. The van der Waals surface area contributed by atoms with Gasteiger partial charge in [0.25, 0.3) is 0 Å². The van der Waals surface area contributed by atoms with Crippen molar-refractivity contribution in [1.82, 2.24) is 0 Å². The van der Waals surface area contributed by atoms with Gasteiger partial charge in [-0.2, -0.15) is 0 Å². The molecule has 0 N–H and O–H groups in total. The van der Waals surface area contributed by atoms with Crippen LogP contribution in [-0.4, -0.2) is 24.6 Å². The van der Waals surface area contributed by atoms with Crippen LogP contribution in [0.3, 0.4) is 0 Å². The Morgan fingerprint density at radius 3 is 2.38 bits per heavy atom. The first-order valence-electron chi connectivity index (χ1n) is 8.48. The van der Waals surface area contributed by atoms with Gasteiger partial charge in [-0.3, -0.25) is 9.59 Å². The maximum Gasteiger partial charge on any atom is 0.306 e. The molecule has 21 heavy (non-hydrogen) atoms. The SMILES string of the molecule is CCCCCCOC(=O)CCC(=O)OC(C)C1CCCC1. The summed E-state index contributed by atoms with van der Waals surface area (Å²) in [6.07, 6.45) is 9.32. The van der Waals surface area contributed by atoms with E-state index in [1.54, 1.807) is 0 Å². The van der Waals surface area contributed by atoms with Gasteiger partial charge in [0.05, 0.1) is 19.4 Å². The smallest absolute Gasteiger partial charge is 0.306 e. The molecule has 0 saturated heterocycles. The predicted octanol–water partition coefficient (Wildman–Crippen LogP) is 4.01. The molecule has 1 saturated carbocycles. The van der Waals surface area contributed by atoms with Crippen molar-refractivity contribution >= 4 is 11.9 Å². The summed E-state index contributed by atoms with van der Waals surface area (Å²) in [4.78, 5) is 23.2. The number of esters is 2. The summed E-state index contributed by atoms with van der Waals surface area (Å²) in [6, 6.07) is 0. The highest BCUT2D eigenvalue weighted by molar-refractivity contribution is 5.77. The Bertz CT molecular complexity index is 308. The second kappa shape index (κ2) is 10.6. The van der Waals surface area contributed by atoms with Gasteiger partial charge in [0.15, 0.2) is 0 Å². The molecule has 1 aliphatic rings. The number of hydrogen-bond donors (Lipinski definition) is 0. The zero-order valence-corrected chi connectivity index (χ0v) is 13.6. The average molecular weight is 298 g/mol. The summed E-state index contributed by atoms with van der Waals surface area (Å²) in [5.41, 5.74) is 0. The number of rotatable bonds is 10. The maximum absolute atomic E-state index is 11.7. The van der Waals surface area contributed by atoms with Crippen LogP contribution in [0.15, 0.2) is 0 Å². The highest BCUT2D eigenvalue weighted by atomic mass is 16.5. The van der Waals surface area contributed by atoms with Gasteiger partial charge in [-0.25, -0.2) is 0 Å². The fourth-order valence-electron chi connectivity index (χ4n) is 2.78. The molecule has 1 atom stereocenters. The zero-order chi connectivity index (χ0) is 15.5. The lowest BCUT2D eigenvalue weighted by molar-refractivity contribution is -0.154. The van der Waals surface area contributed by atoms with E-state index in [-0.39, 0.29) is 30.9 Å². The van der Waals surface area contributed by atoms with Gasteiger partial charge in [-0.1, -0.05) is 39.0 Å². The van der Waals surface area contributed by atoms with E-state index in [4.69, 9.17) is 9.47 Å². The van der Waals surface area contributed by atoms with E-state index in [0.29, 0.717) is 12.5 Å². The molecule has 0 aromatic carbocycles. The topological polar surface area (TPSA) is 52.6 Å². The van der Waals surface area contributed by atoms with Crippen molar-refractivity contribution in [2.75, 3.05) is 6.61 Å². The predicted molar refractivity (Wildman–Crippen MR) is 81.8 cm³/mol. The van der Waals surface area contributed by atoms with Gasteiger partial charge in [0.2, 0.25) is 0 Å². The van der Waals surface area contributed by atoms with Crippen molar-refractivity contribution in [2.45, 2.75) is 84.2 Å². The van der Waals surface area contributed by atoms with E-state index in [9.17, 15) is 9.59 Å². The van der Waals surface area contributed by atoms with Crippen LogP contribution in [0.5, 0.6) is 0 Å². The van der Waals surface area contributed by atoms with Crippen molar-refractivity contribution < 1.29 is 19.1 Å². The van der Waals surface area contributed by atoms with E-state index >= 15 is 0 Å². The van der Waals surface area contributed by atoms with Gasteiger partial charge < -0.3 is 9.47 Å². The summed E-state index contributed by atoms with van der Waals surface area (Å²) in [7, 11) is 0. The second-order valence-corrected chi connectivity index (χ2v) is 6.02. The number of unbranched alkanes of at least 4 members (excludes halogenated alkanes) is 3. The van der Waals surface area contributed by atoms with E-state index in [1.807, 2.05) is 6.92 Å². The summed E-state index contributed by atoms with van der Waals surface area (Å²) in [5, 5.41) is 0. The van der Waals surface area contributed by atoms with Crippen LogP contribution in [-0.2, 0) is 19.1 Å². The third-order valence-corrected chi connectivity index (χ3v) is 4.18. The summed E-state index contributed by atoms with van der Waals surface area (Å²) in [6.45, 7) is 4.57. The third kappa shape index (κ3) is 8.08. The van der Waals surface area contributed by atoms with Crippen LogP contribution < -0.4 is 0 Å². The van der Waals surface area contributed by atoms with Crippen molar-refractivity contribution in [3.63, 3.8) is 0 Å². The first kappa shape index (κ1) is 18.0. The minimum absolute atomic E-state index is 0.0231. The molecule has 4 nitrogen and oxygen atoms in total. The average Bonchev–Trinajstić information content (AvgIpc) is 2.99. The van der Waals surface area contributed by atoms with Gasteiger partial charge in [-0.15, -0.1) is 0 Å². The minimum atomic E-state index is -0.294. The Balaban J connectivity index is 2.04. The van der Waals surface area contributed by atoms with Gasteiger partial charge in [0.1, 0.15) is 6.10 Å². The van der Waals surface area contributed by atoms with Crippen LogP contribution >= 0.6 is 0 Å². The number of carbonyl (C=O) groups excluding carboxylic acids is 2. The van der Waals surface area contributed by atoms with Crippen molar-refractivity contribution in [2.24, 2.45) is 5.92 Å². The number of ether oxygens (including phenoxy) is 2. The van der Waals surface area contributed by atoms with Crippen LogP contribution in [0.1, 0.15) is 78.1 Å². The van der Waals surface area contributed by atoms with E-state index < -0.39 is 0 Å². The van der Waals surface area contributed by atoms with Crippen LogP contribution in [0, 0.1) is 5.92 Å². The number of carbonyl (C=O) groups is 2. The molecule has 0 radical (unpaired) electrons. The fourth-order valence-corrected chi connectivity index (χ4v) is 2.78. The molecular formula is C17H30O4. The van der Waals surface area contributed by atoms with E-state index in [1.165, 1.54) is 25.7 Å². The highest BCUT2D eigenvalue weighted by Crippen LogP contribution is 2.29. The Morgan fingerprint density at radius 1 is 1.05 bits per heavy atom. The normalized spacial score (nSPS) is 16.7. The molecule has 1 unspecified atom stereocenters. The molecule has 0 amide bonds. The Labute approximate surface area is 128 Å². The van der Waals surface area contributed by atoms with Gasteiger partial charge in [0, 0.05) is 0 Å². The molecule has 1 rings (SSSR count). The van der Waals surface area contributed by atoms with Crippen molar-refractivity contribution in [1.29, 1.82) is 0 Å². The zero-order valence-electron chi connectivity index (χ0n) is 13.6. The van der Waals surface area contributed by atoms with Gasteiger partial charge in [-0.05, 0) is 32.1 Å². The lowest BCUT2D eigenvalue weighted by atomic mass is 10.0. The molecule has 1 fully saturated rings. The maximum atomic E-state index is 11.7. The Hall–Kier alpha value is -1.06. The standard InChI is InChI=1S/C17H30O4/c1-3-4-5-8-13-20-16(18)11-12-17(19)21-14(2)15-9-6-7-10-15/h14-15H,3-13H2,1-2H3. The first-order chi connectivity index (χ1) is 10.1. The molecule has 1 aliphatic carbocycles. The quantitative estimate of drug-likeness (QED) is 0.451. The van der Waals surface area contributed by atoms with Crippen molar-refractivity contribution in [3.8, 4) is 0 Å². The van der Waals surface area contributed by atoms with Gasteiger partial charge >= 0.3 is 11.9 Å². The number of hydrogen-bond acceptors (Lipinski definition) is 4. The molecule has 122 valence electrons. The molecule has 0 heterocycles. The van der Waals surface area contributed by atoms with Crippen LogP contribution in [0.25, 0.3) is 0 Å². The van der Waals surface area contributed by atoms with E-state index in [0.717, 1.165) is 25.7 Å². The monoisotopic (exact) mass is 298 g/mol. The Kier molecular flexibility index (Phi) is 9.11. The summed E-state index contributed by atoms with van der Waals surface area (Å²) < 4.78 is 10.5. The third-order valence-electron chi connectivity index (χ3n) is 4.18. The van der Waals surface area contributed by atoms with E-state index in [2.05, 4.69) is 6.92 Å². The molecule has 0 bridgehead atoms. The molecule has 0 aliphatic heterocycles. The van der Waals surface area contributed by atoms with Crippen molar-refractivity contribution in [3.05, 3.63) is 0 Å². The largest absolute Gasteiger partial charge is 0.466 e. The Morgan fingerprint density at radius 2 is 1.71 bits per heavy atom. The molecule has 0 aromatic rings. The second-order valence-electron chi connectivity index (χ2n) is 6.02. The molecule has 4 heteroatoms. The molecule has 0 aromatic heterocycles. The first-order valence-corrected chi connectivity index (χ1v) is 8.48. The summed E-state index contributed by atoms with van der Waals surface area (Å²) >= 11 is 0. The fraction of sp³-hybridized carbons (Fsp3) is 0.882. The highest BCUT2D eigenvalue weighted by Gasteiger charge is 2.24. The van der Waals surface area contributed by atoms with Crippen LogP contribution in [0.2, 0.25) is 0 Å². The summed E-state index contributed by atoms with van der Waals surface area (Å²) in [5.74, 6) is -0.0752. The molecule has 0 spiro atoms. The lowest BCUT2D eigenvalue weighted by Crippen LogP contribution is -2.22.